The second-order valence-corrected chi connectivity index (χ2v) is 6.66. The topological polar surface area (TPSA) is 67.4 Å². The lowest BCUT2D eigenvalue weighted by Crippen LogP contribution is -2.38. The molecule has 0 radical (unpaired) electrons. The lowest BCUT2D eigenvalue weighted by Gasteiger charge is -2.15. The smallest absolute Gasteiger partial charge is 0.313 e. The van der Waals surface area contributed by atoms with Crippen LogP contribution in [-0.2, 0) is 9.59 Å². The van der Waals surface area contributed by atoms with E-state index in [2.05, 4.69) is 31.4 Å². The van der Waals surface area contributed by atoms with Gasteiger partial charge in [0.15, 0.2) is 0 Å². The standard InChI is InChI=1S/C21H34N2O3/c1-4-7-9-15-26-19-13-11-18(12-14-19)23-21(25)20(24)22-16-17(6-3)10-8-5-2/h11-14,17H,4-10,15-16H2,1-3H3,(H,22,24)(H,23,25). The Kier molecular flexibility index (Phi) is 11.2. The van der Waals surface area contributed by atoms with Crippen LogP contribution in [0.15, 0.2) is 24.3 Å². The molecule has 2 N–H and O–H groups in total. The summed E-state index contributed by atoms with van der Waals surface area (Å²) in [6.07, 6.45) is 7.72. The summed E-state index contributed by atoms with van der Waals surface area (Å²) < 4.78 is 5.63. The predicted octanol–water partition coefficient (Wildman–Crippen LogP) is 4.53. The molecule has 0 aliphatic carbocycles. The van der Waals surface area contributed by atoms with Crippen molar-refractivity contribution in [2.45, 2.75) is 65.7 Å². The highest BCUT2D eigenvalue weighted by Crippen LogP contribution is 2.16. The molecule has 0 aromatic heterocycles. The third-order valence-electron chi connectivity index (χ3n) is 4.43. The third-order valence-corrected chi connectivity index (χ3v) is 4.43. The molecule has 0 aliphatic rings. The van der Waals surface area contributed by atoms with Crippen LogP contribution in [0.4, 0.5) is 5.69 Å². The molecule has 5 heteroatoms. The summed E-state index contributed by atoms with van der Waals surface area (Å²) in [4.78, 5) is 24.0. The Morgan fingerprint density at radius 2 is 1.65 bits per heavy atom. The molecule has 0 fully saturated rings. The largest absolute Gasteiger partial charge is 0.494 e. The Labute approximate surface area is 157 Å². The van der Waals surface area contributed by atoms with E-state index in [1.54, 1.807) is 24.3 Å². The first-order valence-electron chi connectivity index (χ1n) is 9.92. The van der Waals surface area contributed by atoms with Gasteiger partial charge in [-0.05, 0) is 43.0 Å². The van der Waals surface area contributed by atoms with Gasteiger partial charge in [0.05, 0.1) is 6.61 Å². The van der Waals surface area contributed by atoms with Crippen LogP contribution in [-0.4, -0.2) is 25.0 Å². The zero-order chi connectivity index (χ0) is 19.2. The van der Waals surface area contributed by atoms with Crippen molar-refractivity contribution in [1.82, 2.24) is 5.32 Å². The van der Waals surface area contributed by atoms with Gasteiger partial charge in [-0.25, -0.2) is 0 Å². The fraction of sp³-hybridized carbons (Fsp3) is 0.619. The van der Waals surface area contributed by atoms with E-state index in [1.165, 1.54) is 0 Å². The van der Waals surface area contributed by atoms with E-state index in [4.69, 9.17) is 4.74 Å². The van der Waals surface area contributed by atoms with Crippen molar-refractivity contribution in [2.24, 2.45) is 5.92 Å². The molecule has 1 rings (SSSR count). The Hall–Kier alpha value is -2.04. The maximum atomic E-state index is 12.0. The molecular formula is C21H34N2O3. The normalized spacial score (nSPS) is 11.7. The van der Waals surface area contributed by atoms with Crippen molar-refractivity contribution in [2.75, 3.05) is 18.5 Å². The van der Waals surface area contributed by atoms with E-state index in [1.807, 2.05) is 0 Å². The molecule has 0 aliphatic heterocycles. The Morgan fingerprint density at radius 3 is 2.27 bits per heavy atom. The second kappa shape index (κ2) is 13.2. The number of hydrogen-bond donors (Lipinski definition) is 2. The van der Waals surface area contributed by atoms with Crippen molar-refractivity contribution >= 4 is 17.5 Å². The summed E-state index contributed by atoms with van der Waals surface area (Å²) in [5.41, 5.74) is 0.587. The molecule has 1 unspecified atom stereocenters. The fourth-order valence-corrected chi connectivity index (χ4v) is 2.63. The van der Waals surface area contributed by atoms with Crippen LogP contribution in [0.1, 0.15) is 65.7 Å². The maximum Gasteiger partial charge on any atom is 0.313 e. The first-order chi connectivity index (χ1) is 12.6. The van der Waals surface area contributed by atoms with Crippen LogP contribution in [0.5, 0.6) is 5.75 Å². The number of rotatable bonds is 12. The minimum Gasteiger partial charge on any atom is -0.494 e. The van der Waals surface area contributed by atoms with Gasteiger partial charge >= 0.3 is 11.8 Å². The van der Waals surface area contributed by atoms with Crippen molar-refractivity contribution in [3.05, 3.63) is 24.3 Å². The first-order valence-corrected chi connectivity index (χ1v) is 9.92. The fourth-order valence-electron chi connectivity index (χ4n) is 2.63. The van der Waals surface area contributed by atoms with E-state index in [-0.39, 0.29) is 0 Å². The number of amides is 2. The number of hydrogen-bond acceptors (Lipinski definition) is 3. The van der Waals surface area contributed by atoms with Gasteiger partial charge < -0.3 is 15.4 Å². The van der Waals surface area contributed by atoms with Gasteiger partial charge in [-0.2, -0.15) is 0 Å². The highest BCUT2D eigenvalue weighted by atomic mass is 16.5. The highest BCUT2D eigenvalue weighted by molar-refractivity contribution is 6.39. The summed E-state index contributed by atoms with van der Waals surface area (Å²) in [5, 5.41) is 5.36. The third kappa shape index (κ3) is 8.88. The van der Waals surface area contributed by atoms with Crippen molar-refractivity contribution in [3.63, 3.8) is 0 Å². The van der Waals surface area contributed by atoms with Gasteiger partial charge in [-0.1, -0.05) is 52.9 Å². The summed E-state index contributed by atoms with van der Waals surface area (Å²) in [5.74, 6) is -0.0205. The van der Waals surface area contributed by atoms with Crippen LogP contribution in [0.2, 0.25) is 0 Å². The Balaban J connectivity index is 2.37. The molecule has 0 saturated heterocycles. The van der Waals surface area contributed by atoms with E-state index >= 15 is 0 Å². The monoisotopic (exact) mass is 362 g/mol. The van der Waals surface area contributed by atoms with Gasteiger partial charge in [0.1, 0.15) is 5.75 Å². The van der Waals surface area contributed by atoms with Gasteiger partial charge in [-0.15, -0.1) is 0 Å². The van der Waals surface area contributed by atoms with E-state index < -0.39 is 11.8 Å². The SMILES string of the molecule is CCCCCOc1ccc(NC(=O)C(=O)NCC(CC)CCCC)cc1. The van der Waals surface area contributed by atoms with Crippen LogP contribution in [0, 0.1) is 5.92 Å². The first kappa shape index (κ1) is 22.0. The van der Waals surface area contributed by atoms with Crippen LogP contribution < -0.4 is 15.4 Å². The average molecular weight is 363 g/mol. The molecule has 1 aromatic rings. The van der Waals surface area contributed by atoms with E-state index in [0.29, 0.717) is 24.8 Å². The quantitative estimate of drug-likeness (QED) is 0.424. The molecule has 0 saturated carbocycles. The van der Waals surface area contributed by atoms with Gasteiger partial charge in [0, 0.05) is 12.2 Å². The van der Waals surface area contributed by atoms with Crippen LogP contribution in [0.25, 0.3) is 0 Å². The number of carbonyl (C=O) groups is 2. The number of unbranched alkanes of at least 4 members (excludes halogenated alkanes) is 3. The number of carbonyl (C=O) groups excluding carboxylic acids is 2. The van der Waals surface area contributed by atoms with E-state index in [9.17, 15) is 9.59 Å². The van der Waals surface area contributed by atoms with Gasteiger partial charge in [0.2, 0.25) is 0 Å². The van der Waals surface area contributed by atoms with Crippen molar-refractivity contribution < 1.29 is 14.3 Å². The average Bonchev–Trinajstić information content (AvgIpc) is 2.66. The maximum absolute atomic E-state index is 12.0. The number of benzene rings is 1. The lowest BCUT2D eigenvalue weighted by molar-refractivity contribution is -0.136. The summed E-state index contributed by atoms with van der Waals surface area (Å²) in [7, 11) is 0. The van der Waals surface area contributed by atoms with Gasteiger partial charge in [-0.3, -0.25) is 9.59 Å². The molecule has 0 spiro atoms. The molecule has 146 valence electrons. The predicted molar refractivity (Wildman–Crippen MR) is 106 cm³/mol. The minimum atomic E-state index is -0.632. The Bertz CT molecular complexity index is 529. The molecule has 1 aromatic carbocycles. The van der Waals surface area contributed by atoms with Crippen LogP contribution in [0.3, 0.4) is 0 Å². The van der Waals surface area contributed by atoms with Crippen molar-refractivity contribution in [1.29, 1.82) is 0 Å². The minimum absolute atomic E-state index is 0.427. The molecule has 0 heterocycles. The number of ether oxygens (including phenoxy) is 1. The molecule has 5 nitrogen and oxygen atoms in total. The molecule has 1 atom stereocenters. The second-order valence-electron chi connectivity index (χ2n) is 6.66. The zero-order valence-electron chi connectivity index (χ0n) is 16.5. The molecular weight excluding hydrogens is 328 g/mol. The molecule has 0 bridgehead atoms. The zero-order valence-corrected chi connectivity index (χ0v) is 16.5. The summed E-state index contributed by atoms with van der Waals surface area (Å²) in [6.45, 7) is 7.66. The van der Waals surface area contributed by atoms with Crippen LogP contribution >= 0.6 is 0 Å². The Morgan fingerprint density at radius 1 is 0.962 bits per heavy atom. The highest BCUT2D eigenvalue weighted by Gasteiger charge is 2.15. The summed E-state index contributed by atoms with van der Waals surface area (Å²) in [6, 6.07) is 7.10. The molecule has 2 amide bonds. The van der Waals surface area contributed by atoms with E-state index in [0.717, 1.165) is 50.7 Å². The molecule has 26 heavy (non-hydrogen) atoms. The lowest BCUT2D eigenvalue weighted by atomic mass is 9.99. The summed E-state index contributed by atoms with van der Waals surface area (Å²) >= 11 is 0. The number of nitrogens with one attached hydrogen (secondary N) is 2. The number of anilines is 1. The van der Waals surface area contributed by atoms with Crippen molar-refractivity contribution in [3.8, 4) is 5.75 Å². The van der Waals surface area contributed by atoms with Gasteiger partial charge in [0.25, 0.3) is 0 Å².